The van der Waals surface area contributed by atoms with Gasteiger partial charge in [-0.05, 0) is 37.0 Å². The van der Waals surface area contributed by atoms with Gasteiger partial charge in [0.1, 0.15) is 5.75 Å². The predicted octanol–water partition coefficient (Wildman–Crippen LogP) is 5.23. The van der Waals surface area contributed by atoms with Gasteiger partial charge in [-0.15, -0.1) is 0 Å². The molecule has 1 aromatic heterocycles. The molecule has 0 radical (unpaired) electrons. The average molecular weight is 479 g/mol. The lowest BCUT2D eigenvalue weighted by Crippen LogP contribution is -2.39. The summed E-state index contributed by atoms with van der Waals surface area (Å²) < 4.78 is 33.3. The van der Waals surface area contributed by atoms with Gasteiger partial charge in [0.2, 0.25) is 17.7 Å². The molecule has 2 aromatic carbocycles. The molecule has 0 N–H and O–H groups in total. The number of ether oxygens (including phenoxy) is 1. The van der Waals surface area contributed by atoms with Gasteiger partial charge in [0.25, 0.3) is 0 Å². The van der Waals surface area contributed by atoms with Crippen molar-refractivity contribution in [3.05, 3.63) is 77.0 Å². The molecular weight excluding hydrogens is 450 g/mol. The van der Waals surface area contributed by atoms with Crippen molar-refractivity contribution in [2.24, 2.45) is 0 Å². The Balaban J connectivity index is 1.47. The van der Waals surface area contributed by atoms with Crippen LogP contribution >= 0.6 is 0 Å². The van der Waals surface area contributed by atoms with Crippen LogP contribution < -0.4 is 9.64 Å². The lowest BCUT2D eigenvalue weighted by molar-refractivity contribution is -0.133. The van der Waals surface area contributed by atoms with E-state index in [1.54, 1.807) is 0 Å². The molecule has 2 aliphatic heterocycles. The molecule has 0 saturated carbocycles. The SMILES string of the molecule is CCC(C(=O)N1CCc2nc(N3CCCC3)nc(Oc3ccc(F)c(F)c3)c2C1)c1ccccc1. The molecule has 2 aliphatic rings. The number of carbonyl (C=O) groups excluding carboxylic acids is 1. The fraction of sp³-hybridized carbons (Fsp3) is 0.370. The molecule has 0 aliphatic carbocycles. The zero-order chi connectivity index (χ0) is 24.4. The van der Waals surface area contributed by atoms with Crippen molar-refractivity contribution in [1.29, 1.82) is 0 Å². The van der Waals surface area contributed by atoms with E-state index in [2.05, 4.69) is 9.88 Å². The van der Waals surface area contributed by atoms with Crippen molar-refractivity contribution >= 4 is 11.9 Å². The largest absolute Gasteiger partial charge is 0.438 e. The van der Waals surface area contributed by atoms with Gasteiger partial charge in [0.05, 0.1) is 23.7 Å². The van der Waals surface area contributed by atoms with Gasteiger partial charge in [0.15, 0.2) is 11.6 Å². The number of hydrogen-bond acceptors (Lipinski definition) is 5. The highest BCUT2D eigenvalue weighted by molar-refractivity contribution is 5.84. The summed E-state index contributed by atoms with van der Waals surface area (Å²) in [6.45, 7) is 4.59. The standard InChI is InChI=1S/C27H28F2N4O2/c1-2-20(18-8-4-3-5-9-18)26(34)33-15-12-24-21(17-33)25(31-27(30-24)32-13-6-7-14-32)35-19-10-11-22(28)23(29)16-19/h3-5,8-11,16,20H,2,6-7,12-15,17H2,1H3. The predicted molar refractivity (Wildman–Crippen MR) is 129 cm³/mol. The highest BCUT2D eigenvalue weighted by atomic mass is 19.2. The minimum Gasteiger partial charge on any atom is -0.438 e. The molecule has 6 nitrogen and oxygen atoms in total. The van der Waals surface area contributed by atoms with Crippen LogP contribution in [0.2, 0.25) is 0 Å². The average Bonchev–Trinajstić information content (AvgIpc) is 3.42. The smallest absolute Gasteiger partial charge is 0.230 e. The number of aromatic nitrogens is 2. The van der Waals surface area contributed by atoms with E-state index in [1.165, 1.54) is 6.07 Å². The summed E-state index contributed by atoms with van der Waals surface area (Å²) in [4.78, 5) is 26.9. The molecule has 1 fully saturated rings. The summed E-state index contributed by atoms with van der Waals surface area (Å²) in [5.74, 6) is -1.11. The third-order valence-electron chi connectivity index (χ3n) is 6.72. The van der Waals surface area contributed by atoms with E-state index in [0.717, 1.165) is 49.3 Å². The van der Waals surface area contributed by atoms with Gasteiger partial charge in [-0.2, -0.15) is 4.98 Å². The highest BCUT2D eigenvalue weighted by Gasteiger charge is 2.31. The van der Waals surface area contributed by atoms with Crippen LogP contribution in [0.15, 0.2) is 48.5 Å². The van der Waals surface area contributed by atoms with Crippen molar-refractivity contribution in [2.45, 2.75) is 45.1 Å². The second kappa shape index (κ2) is 9.98. The molecular formula is C27H28F2N4O2. The van der Waals surface area contributed by atoms with E-state index in [-0.39, 0.29) is 23.5 Å². The van der Waals surface area contributed by atoms with Crippen LogP contribution in [0.5, 0.6) is 11.6 Å². The van der Waals surface area contributed by atoms with E-state index < -0.39 is 11.6 Å². The van der Waals surface area contributed by atoms with Crippen molar-refractivity contribution in [2.75, 3.05) is 24.5 Å². The summed E-state index contributed by atoms with van der Waals surface area (Å²) in [6, 6.07) is 13.2. The first kappa shape index (κ1) is 23.2. The minimum atomic E-state index is -0.990. The van der Waals surface area contributed by atoms with Gasteiger partial charge in [-0.1, -0.05) is 37.3 Å². The van der Waals surface area contributed by atoms with Crippen LogP contribution in [0.4, 0.5) is 14.7 Å². The Bertz CT molecular complexity index is 1220. The van der Waals surface area contributed by atoms with E-state index >= 15 is 0 Å². The summed E-state index contributed by atoms with van der Waals surface area (Å²) >= 11 is 0. The monoisotopic (exact) mass is 478 g/mol. The Kier molecular flexibility index (Phi) is 6.61. The fourth-order valence-corrected chi connectivity index (χ4v) is 4.81. The van der Waals surface area contributed by atoms with Gasteiger partial charge < -0.3 is 14.5 Å². The fourth-order valence-electron chi connectivity index (χ4n) is 4.81. The molecule has 0 spiro atoms. The van der Waals surface area contributed by atoms with Gasteiger partial charge in [-0.3, -0.25) is 4.79 Å². The summed E-state index contributed by atoms with van der Waals surface area (Å²) in [5.41, 5.74) is 2.53. The third-order valence-corrected chi connectivity index (χ3v) is 6.72. The Labute approximate surface area is 203 Å². The Morgan fingerprint density at radius 1 is 1.03 bits per heavy atom. The maximum Gasteiger partial charge on any atom is 0.230 e. The lowest BCUT2D eigenvalue weighted by atomic mass is 9.94. The molecule has 3 heterocycles. The van der Waals surface area contributed by atoms with Crippen LogP contribution in [0, 0.1) is 11.6 Å². The number of nitrogens with zero attached hydrogens (tertiary/aromatic N) is 4. The van der Waals surface area contributed by atoms with Crippen LogP contribution in [0.3, 0.4) is 0 Å². The quantitative estimate of drug-likeness (QED) is 0.486. The second-order valence-corrected chi connectivity index (χ2v) is 9.01. The number of hydrogen-bond donors (Lipinski definition) is 0. The molecule has 1 atom stereocenters. The molecule has 1 saturated heterocycles. The Morgan fingerprint density at radius 3 is 2.51 bits per heavy atom. The van der Waals surface area contributed by atoms with Gasteiger partial charge >= 0.3 is 0 Å². The maximum atomic E-state index is 13.9. The topological polar surface area (TPSA) is 58.6 Å². The van der Waals surface area contributed by atoms with Crippen LogP contribution in [-0.4, -0.2) is 40.4 Å². The number of halogens is 2. The first-order valence-electron chi connectivity index (χ1n) is 12.1. The molecule has 3 aromatic rings. The number of amides is 1. The van der Waals surface area contributed by atoms with Crippen LogP contribution in [0.1, 0.15) is 48.9 Å². The van der Waals surface area contributed by atoms with Crippen molar-refractivity contribution in [3.8, 4) is 11.6 Å². The third kappa shape index (κ3) is 4.83. The highest BCUT2D eigenvalue weighted by Crippen LogP contribution is 2.34. The summed E-state index contributed by atoms with van der Waals surface area (Å²) in [6.07, 6.45) is 3.40. The van der Waals surface area contributed by atoms with Crippen molar-refractivity contribution in [3.63, 3.8) is 0 Å². The molecule has 5 rings (SSSR count). The van der Waals surface area contributed by atoms with Crippen LogP contribution in [-0.2, 0) is 17.8 Å². The normalized spacial score (nSPS) is 16.2. The molecule has 35 heavy (non-hydrogen) atoms. The first-order chi connectivity index (χ1) is 17.0. The van der Waals surface area contributed by atoms with Crippen LogP contribution in [0.25, 0.3) is 0 Å². The zero-order valence-corrected chi connectivity index (χ0v) is 19.7. The molecule has 1 amide bonds. The number of carbonyl (C=O) groups is 1. The van der Waals surface area contributed by atoms with E-state index in [4.69, 9.17) is 9.72 Å². The first-order valence-corrected chi connectivity index (χ1v) is 12.1. The zero-order valence-electron chi connectivity index (χ0n) is 19.7. The molecule has 8 heteroatoms. The Hall–Kier alpha value is -3.55. The van der Waals surface area contributed by atoms with E-state index in [0.29, 0.717) is 37.4 Å². The number of fused-ring (bicyclic) bond motifs is 1. The summed E-state index contributed by atoms with van der Waals surface area (Å²) in [7, 11) is 0. The van der Waals surface area contributed by atoms with Crippen molar-refractivity contribution in [1.82, 2.24) is 14.9 Å². The number of anilines is 1. The number of rotatable bonds is 6. The minimum absolute atomic E-state index is 0.0479. The lowest BCUT2D eigenvalue weighted by Gasteiger charge is -2.32. The second-order valence-electron chi connectivity index (χ2n) is 9.01. The molecule has 1 unspecified atom stereocenters. The maximum absolute atomic E-state index is 13.9. The van der Waals surface area contributed by atoms with Gasteiger partial charge in [0, 0.05) is 32.1 Å². The number of benzene rings is 2. The van der Waals surface area contributed by atoms with Gasteiger partial charge in [-0.25, -0.2) is 13.8 Å². The molecule has 182 valence electrons. The summed E-state index contributed by atoms with van der Waals surface area (Å²) in [5, 5.41) is 0. The van der Waals surface area contributed by atoms with E-state index in [1.807, 2.05) is 42.2 Å². The van der Waals surface area contributed by atoms with E-state index in [9.17, 15) is 13.6 Å². The Morgan fingerprint density at radius 2 is 1.80 bits per heavy atom. The molecule has 0 bridgehead atoms. The van der Waals surface area contributed by atoms with Crippen molar-refractivity contribution < 1.29 is 18.3 Å².